The Labute approximate surface area is 105 Å². The van der Waals surface area contributed by atoms with E-state index in [-0.39, 0.29) is 18.4 Å². The van der Waals surface area contributed by atoms with Gasteiger partial charge in [-0.15, -0.1) is 0 Å². The van der Waals surface area contributed by atoms with Gasteiger partial charge in [0.1, 0.15) is 0 Å². The molecule has 0 atom stereocenters. The minimum absolute atomic E-state index is 0.0473. The molecule has 0 radical (unpaired) electrons. The van der Waals surface area contributed by atoms with Crippen LogP contribution < -0.4 is 11.1 Å². The van der Waals surface area contributed by atoms with Gasteiger partial charge < -0.3 is 16.0 Å². The molecule has 5 nitrogen and oxygen atoms in total. The van der Waals surface area contributed by atoms with E-state index in [1.165, 1.54) is 11.0 Å². The lowest BCUT2D eigenvalue weighted by Crippen LogP contribution is -2.36. The zero-order chi connectivity index (χ0) is 13.0. The second-order valence-corrected chi connectivity index (χ2v) is 4.11. The molecule has 1 aromatic rings. The number of hydrogen-bond acceptors (Lipinski definition) is 3. The number of rotatable bonds is 3. The molecule has 0 fully saturated rings. The minimum Gasteiger partial charge on any atom is -0.398 e. The first-order valence-electron chi connectivity index (χ1n) is 4.95. The van der Waals surface area contributed by atoms with Gasteiger partial charge in [0.15, 0.2) is 0 Å². The summed E-state index contributed by atoms with van der Waals surface area (Å²) in [6.45, 7) is -0.0473. The molecule has 0 aliphatic carbocycles. The Kier molecular flexibility index (Phi) is 4.34. The van der Waals surface area contributed by atoms with E-state index in [2.05, 4.69) is 5.32 Å². The zero-order valence-electron chi connectivity index (χ0n) is 9.66. The smallest absolute Gasteiger partial charge is 0.251 e. The number of nitrogens with one attached hydrogen (secondary N) is 1. The largest absolute Gasteiger partial charge is 0.398 e. The standard InChI is InChI=1S/C11H14ClN3O2/c1-15(2)10(16)6-14-11(17)7-3-4-8(12)9(13)5-7/h3-5H,6,13H2,1-2H3,(H,14,17). The van der Waals surface area contributed by atoms with E-state index in [9.17, 15) is 9.59 Å². The van der Waals surface area contributed by atoms with Crippen LogP contribution in [0.1, 0.15) is 10.4 Å². The molecule has 0 heterocycles. The van der Waals surface area contributed by atoms with Crippen LogP contribution in [0.15, 0.2) is 18.2 Å². The maximum absolute atomic E-state index is 11.7. The average molecular weight is 256 g/mol. The van der Waals surface area contributed by atoms with Crippen LogP contribution >= 0.6 is 11.6 Å². The third-order valence-corrected chi connectivity index (χ3v) is 2.50. The summed E-state index contributed by atoms with van der Waals surface area (Å²) < 4.78 is 0. The predicted molar refractivity (Wildman–Crippen MR) is 66.9 cm³/mol. The van der Waals surface area contributed by atoms with Gasteiger partial charge in [0, 0.05) is 19.7 Å². The molecule has 1 rings (SSSR count). The first kappa shape index (κ1) is 13.3. The Balaban J connectivity index is 2.64. The van der Waals surface area contributed by atoms with Gasteiger partial charge in [-0.3, -0.25) is 9.59 Å². The zero-order valence-corrected chi connectivity index (χ0v) is 10.4. The maximum Gasteiger partial charge on any atom is 0.251 e. The van der Waals surface area contributed by atoms with Crippen molar-refractivity contribution in [1.82, 2.24) is 10.2 Å². The summed E-state index contributed by atoms with van der Waals surface area (Å²) in [5.41, 5.74) is 6.28. The number of anilines is 1. The number of likely N-dealkylation sites (N-methyl/N-ethyl adjacent to an activating group) is 1. The molecule has 0 bridgehead atoms. The number of benzene rings is 1. The SMILES string of the molecule is CN(C)C(=O)CNC(=O)c1ccc(Cl)c(N)c1. The van der Waals surface area contributed by atoms with Crippen LogP contribution in [0.5, 0.6) is 0 Å². The fraction of sp³-hybridized carbons (Fsp3) is 0.273. The quantitative estimate of drug-likeness (QED) is 0.783. The van der Waals surface area contributed by atoms with Gasteiger partial charge in [-0.25, -0.2) is 0 Å². The summed E-state index contributed by atoms with van der Waals surface area (Å²) >= 11 is 5.74. The fourth-order valence-corrected chi connectivity index (χ4v) is 1.22. The Hall–Kier alpha value is -1.75. The van der Waals surface area contributed by atoms with Crippen LogP contribution in [0.25, 0.3) is 0 Å². The summed E-state index contributed by atoms with van der Waals surface area (Å²) in [5, 5.41) is 2.89. The van der Waals surface area contributed by atoms with Crippen LogP contribution in [0.3, 0.4) is 0 Å². The molecule has 0 spiro atoms. The lowest BCUT2D eigenvalue weighted by molar-refractivity contribution is -0.127. The third-order valence-electron chi connectivity index (χ3n) is 2.16. The molecular formula is C11H14ClN3O2. The number of carbonyl (C=O) groups excluding carboxylic acids is 2. The van der Waals surface area contributed by atoms with E-state index in [1.54, 1.807) is 26.2 Å². The highest BCUT2D eigenvalue weighted by atomic mass is 35.5. The van der Waals surface area contributed by atoms with E-state index in [0.29, 0.717) is 16.3 Å². The van der Waals surface area contributed by atoms with Crippen LogP contribution in [0, 0.1) is 0 Å². The van der Waals surface area contributed by atoms with Gasteiger partial charge in [-0.2, -0.15) is 0 Å². The Morgan fingerprint density at radius 3 is 2.59 bits per heavy atom. The van der Waals surface area contributed by atoms with Gasteiger partial charge >= 0.3 is 0 Å². The maximum atomic E-state index is 11.7. The van der Waals surface area contributed by atoms with Gasteiger partial charge in [0.2, 0.25) is 5.91 Å². The molecule has 17 heavy (non-hydrogen) atoms. The van der Waals surface area contributed by atoms with Crippen molar-refractivity contribution in [3.05, 3.63) is 28.8 Å². The van der Waals surface area contributed by atoms with Gasteiger partial charge in [-0.1, -0.05) is 11.6 Å². The van der Waals surface area contributed by atoms with Gasteiger partial charge in [-0.05, 0) is 18.2 Å². The highest BCUT2D eigenvalue weighted by Gasteiger charge is 2.10. The number of halogens is 1. The number of nitrogens with zero attached hydrogens (tertiary/aromatic N) is 1. The topological polar surface area (TPSA) is 75.4 Å². The van der Waals surface area contributed by atoms with Crippen molar-refractivity contribution in [2.24, 2.45) is 0 Å². The summed E-state index contributed by atoms with van der Waals surface area (Å²) in [4.78, 5) is 24.3. The number of amides is 2. The fourth-order valence-electron chi connectivity index (χ4n) is 1.10. The van der Waals surface area contributed by atoms with Crippen LogP contribution in [0.2, 0.25) is 5.02 Å². The molecule has 92 valence electrons. The molecule has 0 aliphatic heterocycles. The highest BCUT2D eigenvalue weighted by Crippen LogP contribution is 2.19. The summed E-state index contributed by atoms with van der Waals surface area (Å²) in [5.74, 6) is -0.538. The van der Waals surface area contributed by atoms with Gasteiger partial charge in [0.25, 0.3) is 5.91 Å². The summed E-state index contributed by atoms with van der Waals surface area (Å²) in [6, 6.07) is 4.56. The van der Waals surface area contributed by atoms with Crippen LogP contribution in [0.4, 0.5) is 5.69 Å². The number of hydrogen-bond donors (Lipinski definition) is 2. The molecular weight excluding hydrogens is 242 g/mol. The predicted octanol–water partition coefficient (Wildman–Crippen LogP) is 0.740. The van der Waals surface area contributed by atoms with Crippen LogP contribution in [-0.2, 0) is 4.79 Å². The Morgan fingerprint density at radius 2 is 2.06 bits per heavy atom. The Bertz CT molecular complexity index is 446. The third kappa shape index (κ3) is 3.64. The average Bonchev–Trinajstić information content (AvgIpc) is 2.28. The minimum atomic E-state index is -0.358. The van der Waals surface area contributed by atoms with E-state index in [4.69, 9.17) is 17.3 Å². The van der Waals surface area contributed by atoms with Crippen molar-refractivity contribution in [3.63, 3.8) is 0 Å². The molecule has 1 aromatic carbocycles. The second kappa shape index (κ2) is 5.54. The first-order chi connectivity index (χ1) is 7.91. The monoisotopic (exact) mass is 255 g/mol. The first-order valence-corrected chi connectivity index (χ1v) is 5.33. The molecule has 0 saturated carbocycles. The van der Waals surface area contributed by atoms with Crippen molar-refractivity contribution < 1.29 is 9.59 Å². The lowest BCUT2D eigenvalue weighted by atomic mass is 10.2. The molecule has 3 N–H and O–H groups in total. The van der Waals surface area contributed by atoms with Crippen molar-refractivity contribution in [1.29, 1.82) is 0 Å². The van der Waals surface area contributed by atoms with Crippen molar-refractivity contribution in [2.75, 3.05) is 26.4 Å². The van der Waals surface area contributed by atoms with Crippen molar-refractivity contribution >= 4 is 29.1 Å². The Morgan fingerprint density at radius 1 is 1.41 bits per heavy atom. The number of nitrogens with two attached hydrogens (primary N) is 1. The highest BCUT2D eigenvalue weighted by molar-refractivity contribution is 6.33. The summed E-state index contributed by atoms with van der Waals surface area (Å²) in [7, 11) is 3.24. The molecule has 6 heteroatoms. The summed E-state index contributed by atoms with van der Waals surface area (Å²) in [6.07, 6.45) is 0. The second-order valence-electron chi connectivity index (χ2n) is 3.71. The van der Waals surface area contributed by atoms with Crippen LogP contribution in [-0.4, -0.2) is 37.4 Å². The van der Waals surface area contributed by atoms with E-state index in [0.717, 1.165) is 0 Å². The molecule has 0 aliphatic rings. The molecule has 0 aromatic heterocycles. The van der Waals surface area contributed by atoms with E-state index in [1.807, 2.05) is 0 Å². The van der Waals surface area contributed by atoms with E-state index < -0.39 is 0 Å². The normalized spacial score (nSPS) is 9.82. The molecule has 0 saturated heterocycles. The lowest BCUT2D eigenvalue weighted by Gasteiger charge is -2.11. The van der Waals surface area contributed by atoms with Crippen molar-refractivity contribution in [2.45, 2.75) is 0 Å². The molecule has 2 amide bonds. The van der Waals surface area contributed by atoms with Gasteiger partial charge in [0.05, 0.1) is 17.3 Å². The van der Waals surface area contributed by atoms with Crippen molar-refractivity contribution in [3.8, 4) is 0 Å². The number of carbonyl (C=O) groups is 2. The number of nitrogen functional groups attached to an aromatic ring is 1. The van der Waals surface area contributed by atoms with E-state index >= 15 is 0 Å². The molecule has 0 unspecified atom stereocenters.